The molecule has 1 atom stereocenters. The van der Waals surface area contributed by atoms with E-state index in [2.05, 4.69) is 22.8 Å². The summed E-state index contributed by atoms with van der Waals surface area (Å²) in [5.74, 6) is -1.39. The molecule has 1 saturated heterocycles. The second-order valence-corrected chi connectivity index (χ2v) is 8.09. The summed E-state index contributed by atoms with van der Waals surface area (Å²) in [6.07, 6.45) is -0.0906. The van der Waals surface area contributed by atoms with Crippen LogP contribution in [0.4, 0.5) is 4.79 Å². The molecule has 32 heavy (non-hydrogen) atoms. The molecule has 1 aliphatic heterocycles. The van der Waals surface area contributed by atoms with Crippen LogP contribution in [-0.2, 0) is 19.1 Å². The van der Waals surface area contributed by atoms with E-state index in [4.69, 9.17) is 14.6 Å². The largest absolute Gasteiger partial charge is 0.481 e. The minimum Gasteiger partial charge on any atom is -0.481 e. The maximum Gasteiger partial charge on any atom is 0.408 e. The fourth-order valence-electron chi connectivity index (χ4n) is 4.34. The first kappa shape index (κ1) is 21.8. The molecule has 3 N–H and O–H groups in total. The van der Waals surface area contributed by atoms with E-state index in [1.165, 1.54) is 0 Å². The van der Waals surface area contributed by atoms with Crippen molar-refractivity contribution in [2.45, 2.75) is 30.7 Å². The zero-order chi connectivity index (χ0) is 22.6. The maximum atomic E-state index is 12.7. The quantitative estimate of drug-likeness (QED) is 0.546. The number of alkyl carbamates (subject to hydrolysis) is 1. The number of hydrogen-bond acceptors (Lipinski definition) is 5. The molecule has 168 valence electrons. The lowest BCUT2D eigenvalue weighted by atomic mass is 9.97. The first-order valence-electron chi connectivity index (χ1n) is 10.7. The molecule has 2 aliphatic rings. The lowest BCUT2D eigenvalue weighted by molar-refractivity contribution is -0.137. The highest BCUT2D eigenvalue weighted by atomic mass is 16.6. The lowest BCUT2D eigenvalue weighted by Gasteiger charge is -2.27. The van der Waals surface area contributed by atoms with Crippen LogP contribution in [0, 0.1) is 0 Å². The average molecular weight is 438 g/mol. The highest BCUT2D eigenvalue weighted by molar-refractivity contribution is 5.90. The molecule has 0 aromatic heterocycles. The molecule has 8 heteroatoms. The Kier molecular flexibility index (Phi) is 6.41. The van der Waals surface area contributed by atoms with Crippen molar-refractivity contribution in [3.63, 3.8) is 0 Å². The van der Waals surface area contributed by atoms with Gasteiger partial charge < -0.3 is 25.2 Å². The van der Waals surface area contributed by atoms with Crippen molar-refractivity contribution in [2.24, 2.45) is 0 Å². The Morgan fingerprint density at radius 2 is 1.72 bits per heavy atom. The molecular weight excluding hydrogens is 412 g/mol. The van der Waals surface area contributed by atoms with Gasteiger partial charge in [-0.3, -0.25) is 9.59 Å². The fraction of sp³-hybridized carbons (Fsp3) is 0.375. The minimum absolute atomic E-state index is 0.0381. The summed E-state index contributed by atoms with van der Waals surface area (Å²) >= 11 is 0. The number of benzene rings is 2. The van der Waals surface area contributed by atoms with Crippen LogP contribution in [0.15, 0.2) is 48.5 Å². The first-order valence-corrected chi connectivity index (χ1v) is 10.7. The van der Waals surface area contributed by atoms with Crippen molar-refractivity contribution in [1.29, 1.82) is 0 Å². The van der Waals surface area contributed by atoms with Crippen molar-refractivity contribution in [3.8, 4) is 11.1 Å². The van der Waals surface area contributed by atoms with Gasteiger partial charge >= 0.3 is 12.1 Å². The summed E-state index contributed by atoms with van der Waals surface area (Å²) < 4.78 is 10.9. The van der Waals surface area contributed by atoms with E-state index in [1.54, 1.807) is 0 Å². The SMILES string of the molecule is O=C(O)CCCNC(=O)C1(NC(=O)OCC2c3ccccc3-c3ccccc32)CCOC1. The van der Waals surface area contributed by atoms with Gasteiger partial charge in [-0.25, -0.2) is 4.79 Å². The number of carboxylic acids is 1. The van der Waals surface area contributed by atoms with E-state index < -0.39 is 23.5 Å². The second-order valence-electron chi connectivity index (χ2n) is 8.09. The molecular formula is C24H26N2O6. The summed E-state index contributed by atoms with van der Waals surface area (Å²) in [5, 5.41) is 14.1. The fourth-order valence-corrected chi connectivity index (χ4v) is 4.34. The van der Waals surface area contributed by atoms with E-state index in [0.29, 0.717) is 19.4 Å². The Balaban J connectivity index is 1.38. The summed E-state index contributed by atoms with van der Waals surface area (Å²) in [6.45, 7) is 0.741. The zero-order valence-electron chi connectivity index (χ0n) is 17.6. The molecule has 2 aromatic rings. The Morgan fingerprint density at radius 1 is 1.06 bits per heavy atom. The van der Waals surface area contributed by atoms with Gasteiger partial charge in [0.05, 0.1) is 6.61 Å². The Bertz CT molecular complexity index is 970. The van der Waals surface area contributed by atoms with Gasteiger partial charge in [-0.05, 0) is 28.7 Å². The number of ether oxygens (including phenoxy) is 2. The summed E-state index contributed by atoms with van der Waals surface area (Å²) in [6, 6.07) is 16.1. The molecule has 2 amide bonds. The molecule has 0 spiro atoms. The van der Waals surface area contributed by atoms with Gasteiger partial charge in [-0.1, -0.05) is 48.5 Å². The highest BCUT2D eigenvalue weighted by Gasteiger charge is 2.44. The smallest absolute Gasteiger partial charge is 0.408 e. The molecule has 1 unspecified atom stereocenters. The molecule has 0 bridgehead atoms. The molecule has 0 saturated carbocycles. The van der Waals surface area contributed by atoms with Crippen molar-refractivity contribution < 1.29 is 29.0 Å². The van der Waals surface area contributed by atoms with E-state index in [0.717, 1.165) is 22.3 Å². The van der Waals surface area contributed by atoms with Gasteiger partial charge in [0.25, 0.3) is 0 Å². The van der Waals surface area contributed by atoms with E-state index in [1.807, 2.05) is 36.4 Å². The van der Waals surface area contributed by atoms with Crippen LogP contribution in [0.5, 0.6) is 0 Å². The van der Waals surface area contributed by atoms with Gasteiger partial charge in [0, 0.05) is 31.9 Å². The van der Waals surface area contributed by atoms with Crippen LogP contribution in [0.3, 0.4) is 0 Å². The van der Waals surface area contributed by atoms with Gasteiger partial charge in [0.15, 0.2) is 0 Å². The Hall–Kier alpha value is -3.39. The number of fused-ring (bicyclic) bond motifs is 3. The van der Waals surface area contributed by atoms with Crippen LogP contribution in [0.2, 0.25) is 0 Å². The summed E-state index contributed by atoms with van der Waals surface area (Å²) in [7, 11) is 0. The predicted octanol–water partition coefficient (Wildman–Crippen LogP) is 2.67. The van der Waals surface area contributed by atoms with E-state index in [9.17, 15) is 14.4 Å². The molecule has 1 aliphatic carbocycles. The molecule has 0 radical (unpaired) electrons. The molecule has 8 nitrogen and oxygen atoms in total. The van der Waals surface area contributed by atoms with Crippen molar-refractivity contribution in [1.82, 2.24) is 10.6 Å². The third kappa shape index (κ3) is 4.45. The summed E-state index contributed by atoms with van der Waals surface area (Å²) in [5.41, 5.74) is 3.27. The third-order valence-electron chi connectivity index (χ3n) is 5.99. The lowest BCUT2D eigenvalue weighted by Crippen LogP contribution is -2.59. The number of hydrogen-bond donors (Lipinski definition) is 3. The number of amides is 2. The van der Waals surface area contributed by atoms with Gasteiger partial charge in [0.2, 0.25) is 5.91 Å². The monoisotopic (exact) mass is 438 g/mol. The van der Waals surface area contributed by atoms with E-state index in [-0.39, 0.29) is 32.1 Å². The van der Waals surface area contributed by atoms with Crippen LogP contribution in [0.25, 0.3) is 11.1 Å². The van der Waals surface area contributed by atoms with Gasteiger partial charge in [-0.15, -0.1) is 0 Å². The minimum atomic E-state index is -1.22. The first-order chi connectivity index (χ1) is 15.5. The summed E-state index contributed by atoms with van der Waals surface area (Å²) in [4.78, 5) is 36.0. The second kappa shape index (κ2) is 9.40. The number of aliphatic carboxylic acids is 1. The molecule has 4 rings (SSSR count). The van der Waals surface area contributed by atoms with Crippen LogP contribution in [-0.4, -0.2) is 55.0 Å². The Morgan fingerprint density at radius 3 is 2.31 bits per heavy atom. The standard InChI is InChI=1S/C24H26N2O6/c27-21(28)10-5-12-25-22(29)24(11-13-31-15-24)26-23(30)32-14-20-18-8-3-1-6-16(18)17-7-2-4-9-19(17)20/h1-4,6-9,20H,5,10-15H2,(H,25,29)(H,26,30)(H,27,28). The third-order valence-corrected chi connectivity index (χ3v) is 5.99. The van der Waals surface area contributed by atoms with E-state index >= 15 is 0 Å². The molecule has 2 aromatic carbocycles. The number of carbonyl (C=O) groups is 3. The number of carboxylic acid groups (broad SMARTS) is 1. The van der Waals surface area contributed by atoms with Crippen molar-refractivity contribution >= 4 is 18.0 Å². The van der Waals surface area contributed by atoms with Crippen LogP contribution in [0.1, 0.15) is 36.3 Å². The normalized spacial score (nSPS) is 19.1. The average Bonchev–Trinajstić information content (AvgIpc) is 3.39. The zero-order valence-corrected chi connectivity index (χ0v) is 17.6. The van der Waals surface area contributed by atoms with Crippen molar-refractivity contribution in [2.75, 3.05) is 26.4 Å². The number of rotatable bonds is 8. The number of nitrogens with one attached hydrogen (secondary N) is 2. The van der Waals surface area contributed by atoms with Crippen molar-refractivity contribution in [3.05, 3.63) is 59.7 Å². The van der Waals surface area contributed by atoms with Gasteiger partial charge in [-0.2, -0.15) is 0 Å². The topological polar surface area (TPSA) is 114 Å². The Labute approximate surface area is 185 Å². The highest BCUT2D eigenvalue weighted by Crippen LogP contribution is 2.44. The molecule has 1 fully saturated rings. The van der Waals surface area contributed by atoms with Crippen LogP contribution >= 0.6 is 0 Å². The molecule has 1 heterocycles. The number of carbonyl (C=O) groups excluding carboxylic acids is 2. The van der Waals surface area contributed by atoms with Gasteiger partial charge in [0.1, 0.15) is 12.1 Å². The predicted molar refractivity (Wildman–Crippen MR) is 116 cm³/mol. The maximum absolute atomic E-state index is 12.7. The van der Waals surface area contributed by atoms with Crippen LogP contribution < -0.4 is 10.6 Å².